The molecular formula is C17H27FN2O. The Labute approximate surface area is 127 Å². The minimum absolute atomic E-state index is 0.0344. The monoisotopic (exact) mass is 294 g/mol. The molecule has 1 unspecified atom stereocenters. The first kappa shape index (κ1) is 16.2. The van der Waals surface area contributed by atoms with Crippen LogP contribution in [0.3, 0.4) is 0 Å². The topological polar surface area (TPSA) is 24.5 Å². The van der Waals surface area contributed by atoms with Crippen LogP contribution in [0.15, 0.2) is 18.2 Å². The molecule has 4 heteroatoms. The lowest BCUT2D eigenvalue weighted by Crippen LogP contribution is -2.45. The highest BCUT2D eigenvalue weighted by Gasteiger charge is 2.24. The Hall–Kier alpha value is -1.13. The van der Waals surface area contributed by atoms with E-state index in [1.54, 1.807) is 6.07 Å². The van der Waals surface area contributed by atoms with Gasteiger partial charge in [0.05, 0.1) is 24.9 Å². The summed E-state index contributed by atoms with van der Waals surface area (Å²) < 4.78 is 19.9. The van der Waals surface area contributed by atoms with Gasteiger partial charge in [0, 0.05) is 18.6 Å². The maximum atomic E-state index is 14.5. The quantitative estimate of drug-likeness (QED) is 0.922. The Bertz CT molecular complexity index is 470. The van der Waals surface area contributed by atoms with Crippen LogP contribution in [0.5, 0.6) is 0 Å². The molecule has 1 saturated heterocycles. The van der Waals surface area contributed by atoms with Gasteiger partial charge in [-0.25, -0.2) is 4.39 Å². The van der Waals surface area contributed by atoms with Crippen LogP contribution in [0.4, 0.5) is 10.1 Å². The summed E-state index contributed by atoms with van der Waals surface area (Å²) in [4.78, 5) is 2.14. The van der Waals surface area contributed by atoms with E-state index >= 15 is 0 Å². The van der Waals surface area contributed by atoms with Gasteiger partial charge in [-0.05, 0) is 44.9 Å². The van der Waals surface area contributed by atoms with Gasteiger partial charge in [0.2, 0.25) is 0 Å². The van der Waals surface area contributed by atoms with Crippen LogP contribution < -0.4 is 10.2 Å². The van der Waals surface area contributed by atoms with Gasteiger partial charge in [0.1, 0.15) is 5.82 Å². The summed E-state index contributed by atoms with van der Waals surface area (Å²) in [6.45, 7) is 11.2. The lowest BCUT2D eigenvalue weighted by atomic mass is 10.1. The second-order valence-electron chi connectivity index (χ2n) is 6.72. The van der Waals surface area contributed by atoms with Gasteiger partial charge in [0.15, 0.2) is 0 Å². The molecule has 21 heavy (non-hydrogen) atoms. The largest absolute Gasteiger partial charge is 0.377 e. The zero-order valence-corrected chi connectivity index (χ0v) is 13.6. The molecule has 1 heterocycles. The van der Waals surface area contributed by atoms with Crippen LogP contribution in [0, 0.1) is 5.82 Å². The normalized spacial score (nSPS) is 19.9. The molecule has 1 aliphatic heterocycles. The first-order chi connectivity index (χ1) is 9.90. The molecular weight excluding hydrogens is 267 g/mol. The summed E-state index contributed by atoms with van der Waals surface area (Å²) in [5.41, 5.74) is 1.71. The van der Waals surface area contributed by atoms with E-state index in [0.29, 0.717) is 25.4 Å². The van der Waals surface area contributed by atoms with E-state index in [1.165, 1.54) is 0 Å². The zero-order chi connectivity index (χ0) is 15.5. The van der Waals surface area contributed by atoms with Gasteiger partial charge >= 0.3 is 0 Å². The number of anilines is 1. The van der Waals surface area contributed by atoms with Gasteiger partial charge in [0.25, 0.3) is 0 Å². The molecule has 3 nitrogen and oxygen atoms in total. The Kier molecular flexibility index (Phi) is 5.22. The Balaban J connectivity index is 2.11. The number of nitrogens with zero attached hydrogens (tertiary/aromatic N) is 1. The van der Waals surface area contributed by atoms with Crippen molar-refractivity contribution in [3.63, 3.8) is 0 Å². The number of halogens is 1. The van der Waals surface area contributed by atoms with E-state index in [0.717, 1.165) is 18.5 Å². The summed E-state index contributed by atoms with van der Waals surface area (Å²) in [5.74, 6) is -0.136. The van der Waals surface area contributed by atoms with E-state index in [9.17, 15) is 4.39 Å². The molecule has 0 aliphatic carbocycles. The summed E-state index contributed by atoms with van der Waals surface area (Å²) in [6.07, 6.45) is 0.965. The Morgan fingerprint density at radius 1 is 1.38 bits per heavy atom. The molecule has 0 bridgehead atoms. The fourth-order valence-corrected chi connectivity index (χ4v) is 2.57. The third-order valence-corrected chi connectivity index (χ3v) is 3.84. The van der Waals surface area contributed by atoms with Crippen molar-refractivity contribution in [2.75, 3.05) is 24.7 Å². The summed E-state index contributed by atoms with van der Waals surface area (Å²) in [7, 11) is 0. The van der Waals surface area contributed by atoms with E-state index in [2.05, 4.69) is 37.9 Å². The van der Waals surface area contributed by atoms with Gasteiger partial charge in [-0.3, -0.25) is 0 Å². The number of hydrogen-bond donors (Lipinski definition) is 1. The second kappa shape index (κ2) is 6.75. The second-order valence-corrected chi connectivity index (χ2v) is 6.72. The predicted molar refractivity (Wildman–Crippen MR) is 85.2 cm³/mol. The lowest BCUT2D eigenvalue weighted by molar-refractivity contribution is 0.0926. The van der Waals surface area contributed by atoms with Crippen LogP contribution in [-0.2, 0) is 11.3 Å². The number of hydrogen-bond acceptors (Lipinski definition) is 3. The van der Waals surface area contributed by atoms with Crippen molar-refractivity contribution in [3.8, 4) is 0 Å². The van der Waals surface area contributed by atoms with Crippen molar-refractivity contribution in [1.29, 1.82) is 0 Å². The molecule has 0 saturated carbocycles. The highest BCUT2D eigenvalue weighted by Crippen LogP contribution is 2.25. The van der Waals surface area contributed by atoms with Crippen molar-refractivity contribution in [3.05, 3.63) is 29.6 Å². The standard InChI is InChI=1S/C17H27FN2O/c1-5-14-12-21-9-8-20(14)16-7-6-13(10-15(16)18)11-19-17(2,3)4/h6-7,10,14,19H,5,8-9,11-12H2,1-4H3. The molecule has 1 aromatic carbocycles. The van der Waals surface area contributed by atoms with Crippen molar-refractivity contribution in [2.24, 2.45) is 0 Å². The van der Waals surface area contributed by atoms with Crippen molar-refractivity contribution in [1.82, 2.24) is 5.32 Å². The van der Waals surface area contributed by atoms with Crippen LogP contribution in [-0.4, -0.2) is 31.3 Å². The van der Waals surface area contributed by atoms with Gasteiger partial charge in [-0.1, -0.05) is 13.0 Å². The van der Waals surface area contributed by atoms with Gasteiger partial charge in [-0.2, -0.15) is 0 Å². The van der Waals surface area contributed by atoms with Gasteiger partial charge in [-0.15, -0.1) is 0 Å². The highest BCUT2D eigenvalue weighted by atomic mass is 19.1. The van der Waals surface area contributed by atoms with Gasteiger partial charge < -0.3 is 15.0 Å². The molecule has 0 radical (unpaired) electrons. The first-order valence-corrected chi connectivity index (χ1v) is 7.78. The van der Waals surface area contributed by atoms with Crippen LogP contribution in [0.2, 0.25) is 0 Å². The third-order valence-electron chi connectivity index (χ3n) is 3.84. The van der Waals surface area contributed by atoms with E-state index in [4.69, 9.17) is 4.74 Å². The first-order valence-electron chi connectivity index (χ1n) is 7.78. The zero-order valence-electron chi connectivity index (χ0n) is 13.6. The van der Waals surface area contributed by atoms with E-state index < -0.39 is 0 Å². The van der Waals surface area contributed by atoms with Crippen LogP contribution in [0.25, 0.3) is 0 Å². The Morgan fingerprint density at radius 3 is 2.76 bits per heavy atom. The fourth-order valence-electron chi connectivity index (χ4n) is 2.57. The summed E-state index contributed by atoms with van der Waals surface area (Å²) >= 11 is 0. The predicted octanol–water partition coefficient (Wildman–Crippen LogP) is 3.33. The number of rotatable bonds is 4. The van der Waals surface area contributed by atoms with Crippen molar-refractivity contribution < 1.29 is 9.13 Å². The molecule has 1 N–H and O–H groups in total. The minimum atomic E-state index is -0.136. The third kappa shape index (κ3) is 4.42. The highest BCUT2D eigenvalue weighted by molar-refractivity contribution is 5.50. The molecule has 118 valence electrons. The molecule has 0 spiro atoms. The molecule has 1 aromatic rings. The maximum Gasteiger partial charge on any atom is 0.146 e. The number of benzene rings is 1. The average molecular weight is 294 g/mol. The van der Waals surface area contributed by atoms with E-state index in [-0.39, 0.29) is 17.4 Å². The summed E-state index contributed by atoms with van der Waals surface area (Å²) in [5, 5.41) is 3.38. The smallest absolute Gasteiger partial charge is 0.146 e. The van der Waals surface area contributed by atoms with E-state index in [1.807, 2.05) is 12.1 Å². The summed E-state index contributed by atoms with van der Waals surface area (Å²) in [6, 6.07) is 5.84. The molecule has 0 amide bonds. The van der Waals surface area contributed by atoms with Crippen molar-refractivity contribution >= 4 is 5.69 Å². The number of ether oxygens (including phenoxy) is 1. The molecule has 1 atom stereocenters. The number of morpholine rings is 1. The minimum Gasteiger partial charge on any atom is -0.377 e. The molecule has 2 rings (SSSR count). The Morgan fingerprint density at radius 2 is 2.14 bits per heavy atom. The molecule has 0 aromatic heterocycles. The maximum absolute atomic E-state index is 14.5. The molecule has 1 fully saturated rings. The van der Waals surface area contributed by atoms with Crippen LogP contribution in [0.1, 0.15) is 39.7 Å². The number of nitrogens with one attached hydrogen (secondary N) is 1. The van der Waals surface area contributed by atoms with Crippen LogP contribution >= 0.6 is 0 Å². The molecule has 1 aliphatic rings. The SMILES string of the molecule is CCC1COCCN1c1ccc(CNC(C)(C)C)cc1F. The fraction of sp³-hybridized carbons (Fsp3) is 0.647. The average Bonchev–Trinajstić information content (AvgIpc) is 2.44. The van der Waals surface area contributed by atoms with Crippen molar-refractivity contribution in [2.45, 2.75) is 52.2 Å². The lowest BCUT2D eigenvalue weighted by Gasteiger charge is -2.37.